The summed E-state index contributed by atoms with van der Waals surface area (Å²) in [4.78, 5) is 23.5. The first-order chi connectivity index (χ1) is 18.1. The molecule has 1 unspecified atom stereocenters. The molecule has 2 heterocycles. The summed E-state index contributed by atoms with van der Waals surface area (Å²) < 4.78 is 41.2. The molecule has 3 aromatic rings. The smallest absolute Gasteiger partial charge is 0.272 e. The third kappa shape index (κ3) is 5.54. The molecular formula is C25H29N5O7S. The topological polar surface area (TPSA) is 146 Å². The maximum atomic E-state index is 13.6. The summed E-state index contributed by atoms with van der Waals surface area (Å²) in [6.07, 6.45) is 0.721. The summed E-state index contributed by atoms with van der Waals surface area (Å²) in [5.74, 6) is -0.421. The van der Waals surface area contributed by atoms with Crippen molar-refractivity contribution in [1.82, 2.24) is 19.4 Å². The Morgan fingerprint density at radius 1 is 1.21 bits per heavy atom. The van der Waals surface area contributed by atoms with Gasteiger partial charge in [-0.15, -0.1) is 0 Å². The van der Waals surface area contributed by atoms with E-state index in [2.05, 4.69) is 10.4 Å². The van der Waals surface area contributed by atoms with Crippen LogP contribution < -0.4 is 10.1 Å². The van der Waals surface area contributed by atoms with Gasteiger partial charge in [0.2, 0.25) is 15.9 Å². The molecule has 1 N–H and O–H groups in total. The Kier molecular flexibility index (Phi) is 8.09. The highest BCUT2D eigenvalue weighted by Crippen LogP contribution is 2.37. The van der Waals surface area contributed by atoms with Gasteiger partial charge in [0.25, 0.3) is 11.6 Å². The molecule has 202 valence electrons. The van der Waals surface area contributed by atoms with E-state index in [1.165, 1.54) is 21.1 Å². The van der Waals surface area contributed by atoms with Crippen LogP contribution >= 0.6 is 0 Å². The first-order valence-corrected chi connectivity index (χ1v) is 13.6. The first kappa shape index (κ1) is 27.2. The van der Waals surface area contributed by atoms with E-state index >= 15 is 0 Å². The van der Waals surface area contributed by atoms with Gasteiger partial charge in [-0.2, -0.15) is 14.1 Å². The number of nitro groups is 1. The summed E-state index contributed by atoms with van der Waals surface area (Å²) in [6, 6.07) is 12.2. The molecule has 1 fully saturated rings. The normalized spacial score (nSPS) is 15.1. The molecule has 4 rings (SSSR count). The molecule has 1 saturated heterocycles. The number of sulfonamides is 1. The predicted octanol–water partition coefficient (Wildman–Crippen LogP) is 3.43. The highest BCUT2D eigenvalue weighted by Gasteiger charge is 2.32. The Labute approximate surface area is 220 Å². The Hall–Kier alpha value is -3.81. The monoisotopic (exact) mass is 543 g/mol. The Balaban J connectivity index is 1.84. The van der Waals surface area contributed by atoms with Crippen LogP contribution in [0, 0.1) is 17.0 Å². The number of ether oxygens (including phenoxy) is 2. The van der Waals surface area contributed by atoms with Crippen LogP contribution in [0.15, 0.2) is 53.4 Å². The third-order valence-electron chi connectivity index (χ3n) is 6.21. The maximum absolute atomic E-state index is 13.6. The molecule has 1 atom stereocenters. The zero-order valence-corrected chi connectivity index (χ0v) is 22.1. The SMILES string of the molecule is CCC(C)NC(=O)c1nn(-c2ccccc2)c(Oc2ccc([N+](=O)[O-])cc2S(=O)(=O)N2CCOCC2)c1C. The Morgan fingerprint density at radius 2 is 1.89 bits per heavy atom. The summed E-state index contributed by atoms with van der Waals surface area (Å²) in [7, 11) is -4.17. The van der Waals surface area contributed by atoms with Crippen molar-refractivity contribution in [2.45, 2.75) is 38.1 Å². The first-order valence-electron chi connectivity index (χ1n) is 12.1. The number of nitrogens with one attached hydrogen (secondary N) is 1. The number of para-hydroxylation sites is 1. The van der Waals surface area contributed by atoms with E-state index in [9.17, 15) is 23.3 Å². The minimum Gasteiger partial charge on any atom is -0.437 e. The number of amides is 1. The number of nitrogens with zero attached hydrogens (tertiary/aromatic N) is 4. The number of non-ortho nitro benzene ring substituents is 1. The lowest BCUT2D eigenvalue weighted by Gasteiger charge is -2.26. The van der Waals surface area contributed by atoms with Crippen LogP contribution in [-0.4, -0.2) is 65.7 Å². The molecule has 1 aromatic heterocycles. The summed E-state index contributed by atoms with van der Waals surface area (Å²) in [5, 5.41) is 18.9. The third-order valence-corrected chi connectivity index (χ3v) is 8.13. The van der Waals surface area contributed by atoms with Crippen LogP contribution in [0.5, 0.6) is 11.6 Å². The molecule has 2 aromatic carbocycles. The molecule has 0 spiro atoms. The van der Waals surface area contributed by atoms with Gasteiger partial charge < -0.3 is 14.8 Å². The maximum Gasteiger partial charge on any atom is 0.272 e. The number of hydrogen-bond acceptors (Lipinski definition) is 8. The van der Waals surface area contributed by atoms with Gasteiger partial charge >= 0.3 is 0 Å². The van der Waals surface area contributed by atoms with E-state index in [4.69, 9.17) is 9.47 Å². The van der Waals surface area contributed by atoms with Crippen molar-refractivity contribution >= 4 is 21.6 Å². The number of morpholine rings is 1. The Morgan fingerprint density at radius 3 is 2.53 bits per heavy atom. The lowest BCUT2D eigenvalue weighted by atomic mass is 10.2. The second-order valence-corrected chi connectivity index (χ2v) is 10.7. The standard InChI is InChI=1S/C25H29N5O7S/c1-4-17(2)26-24(31)23-18(3)25(29(27-23)19-8-6-5-7-9-19)37-21-11-10-20(30(32)33)16-22(21)38(34,35)28-12-14-36-15-13-28/h5-11,16-17H,4,12-15H2,1-3H3,(H,26,31). The highest BCUT2D eigenvalue weighted by atomic mass is 32.2. The van der Waals surface area contributed by atoms with Crippen LogP contribution in [0.3, 0.4) is 0 Å². The molecule has 1 aliphatic heterocycles. The van der Waals surface area contributed by atoms with Gasteiger partial charge in [0.15, 0.2) is 5.69 Å². The summed E-state index contributed by atoms with van der Waals surface area (Å²) in [5.41, 5.74) is 0.671. The number of hydrogen-bond donors (Lipinski definition) is 1. The summed E-state index contributed by atoms with van der Waals surface area (Å²) >= 11 is 0. The molecule has 38 heavy (non-hydrogen) atoms. The number of nitro benzene ring substituents is 1. The number of benzene rings is 2. The van der Waals surface area contributed by atoms with Crippen LogP contribution in [0.4, 0.5) is 5.69 Å². The van der Waals surface area contributed by atoms with Crippen molar-refractivity contribution in [3.05, 3.63) is 69.9 Å². The molecule has 0 saturated carbocycles. The second kappa shape index (κ2) is 11.3. The average Bonchev–Trinajstić information content (AvgIpc) is 3.25. The molecular weight excluding hydrogens is 514 g/mol. The molecule has 1 aliphatic rings. The van der Waals surface area contributed by atoms with E-state index < -0.39 is 26.5 Å². The van der Waals surface area contributed by atoms with Crippen LogP contribution in [0.2, 0.25) is 0 Å². The molecule has 0 aliphatic carbocycles. The zero-order valence-electron chi connectivity index (χ0n) is 21.3. The minimum absolute atomic E-state index is 0.0897. The van der Waals surface area contributed by atoms with Gasteiger partial charge in [-0.05, 0) is 38.5 Å². The predicted molar refractivity (Wildman–Crippen MR) is 138 cm³/mol. The molecule has 1 amide bonds. The van der Waals surface area contributed by atoms with Crippen LogP contribution in [-0.2, 0) is 14.8 Å². The number of aromatic nitrogens is 2. The van der Waals surface area contributed by atoms with Crippen molar-refractivity contribution in [3.63, 3.8) is 0 Å². The van der Waals surface area contributed by atoms with Crippen molar-refractivity contribution in [1.29, 1.82) is 0 Å². The van der Waals surface area contributed by atoms with Gasteiger partial charge in [0.05, 0.1) is 23.8 Å². The summed E-state index contributed by atoms with van der Waals surface area (Å²) in [6.45, 7) is 6.09. The fourth-order valence-corrected chi connectivity index (χ4v) is 5.42. The minimum atomic E-state index is -4.17. The zero-order chi connectivity index (χ0) is 27.4. The van der Waals surface area contributed by atoms with Crippen LogP contribution in [0.25, 0.3) is 5.69 Å². The number of carbonyl (C=O) groups excluding carboxylic acids is 1. The quantitative estimate of drug-likeness (QED) is 0.319. The molecule has 0 bridgehead atoms. The Bertz CT molecular complexity index is 1430. The van der Waals surface area contributed by atoms with E-state index in [1.807, 2.05) is 19.9 Å². The van der Waals surface area contributed by atoms with E-state index in [1.54, 1.807) is 31.2 Å². The van der Waals surface area contributed by atoms with Crippen molar-refractivity contribution in [2.75, 3.05) is 26.3 Å². The van der Waals surface area contributed by atoms with Gasteiger partial charge in [-0.3, -0.25) is 14.9 Å². The lowest BCUT2D eigenvalue weighted by molar-refractivity contribution is -0.385. The molecule has 12 nitrogen and oxygen atoms in total. The van der Waals surface area contributed by atoms with E-state index in [0.29, 0.717) is 11.3 Å². The average molecular weight is 544 g/mol. The number of rotatable bonds is 9. The van der Waals surface area contributed by atoms with Gasteiger partial charge in [-0.25, -0.2) is 8.42 Å². The van der Waals surface area contributed by atoms with E-state index in [-0.39, 0.29) is 54.6 Å². The fourth-order valence-electron chi connectivity index (χ4n) is 3.88. The van der Waals surface area contributed by atoms with Crippen molar-refractivity contribution in [2.24, 2.45) is 0 Å². The van der Waals surface area contributed by atoms with Crippen LogP contribution in [0.1, 0.15) is 36.3 Å². The van der Waals surface area contributed by atoms with Crippen molar-refractivity contribution in [3.8, 4) is 17.3 Å². The van der Waals surface area contributed by atoms with E-state index in [0.717, 1.165) is 12.5 Å². The highest BCUT2D eigenvalue weighted by molar-refractivity contribution is 7.89. The molecule has 0 radical (unpaired) electrons. The fraction of sp³-hybridized carbons (Fsp3) is 0.360. The molecule has 13 heteroatoms. The largest absolute Gasteiger partial charge is 0.437 e. The second-order valence-electron chi connectivity index (χ2n) is 8.82. The van der Waals surface area contributed by atoms with Gasteiger partial charge in [0, 0.05) is 36.8 Å². The van der Waals surface area contributed by atoms with Gasteiger partial charge in [-0.1, -0.05) is 25.1 Å². The lowest BCUT2D eigenvalue weighted by Crippen LogP contribution is -2.40. The van der Waals surface area contributed by atoms with Gasteiger partial charge in [0.1, 0.15) is 10.6 Å². The van der Waals surface area contributed by atoms with Crippen molar-refractivity contribution < 1.29 is 27.6 Å². The number of carbonyl (C=O) groups is 1.